The summed E-state index contributed by atoms with van der Waals surface area (Å²) >= 11 is 0. The van der Waals surface area contributed by atoms with Gasteiger partial charge in [0, 0.05) is 16.5 Å². The fourth-order valence-electron chi connectivity index (χ4n) is 2.57. The van der Waals surface area contributed by atoms with Crippen molar-refractivity contribution in [3.8, 4) is 0 Å². The third-order valence-electron chi connectivity index (χ3n) is 3.79. The van der Waals surface area contributed by atoms with Crippen LogP contribution in [0.15, 0.2) is 59.6 Å². The minimum absolute atomic E-state index is 0.153. The van der Waals surface area contributed by atoms with E-state index >= 15 is 0 Å². The highest BCUT2D eigenvalue weighted by Gasteiger charge is 2.06. The van der Waals surface area contributed by atoms with Crippen LogP contribution in [0.3, 0.4) is 0 Å². The molecule has 3 rings (SSSR count). The Bertz CT molecular complexity index is 920. The van der Waals surface area contributed by atoms with Crippen molar-refractivity contribution >= 4 is 28.1 Å². The Balaban J connectivity index is 1.93. The molecule has 0 bridgehead atoms. The summed E-state index contributed by atoms with van der Waals surface area (Å²) in [7, 11) is 0. The van der Waals surface area contributed by atoms with Crippen molar-refractivity contribution in [2.75, 3.05) is 5.32 Å². The Morgan fingerprint density at radius 3 is 2.46 bits per heavy atom. The van der Waals surface area contributed by atoms with Gasteiger partial charge in [0.1, 0.15) is 11.6 Å². The van der Waals surface area contributed by atoms with Gasteiger partial charge in [-0.25, -0.2) is 13.8 Å². The largest absolute Gasteiger partial charge is 0.369 e. The number of aryl methyl sites for hydroxylation is 1. The molecule has 0 saturated carbocycles. The van der Waals surface area contributed by atoms with Gasteiger partial charge in [-0.05, 0) is 42.3 Å². The fourth-order valence-corrected chi connectivity index (χ4v) is 2.57. The second-order valence-electron chi connectivity index (χ2n) is 5.39. The highest BCUT2D eigenvalue weighted by atomic mass is 19.1. The van der Waals surface area contributed by atoms with Gasteiger partial charge in [0.25, 0.3) is 0 Å². The SMILES string of the molecule is CCc1cc(NC(N)=Nc2ccc(F)c3ccccc23)ccc1F. The second-order valence-corrected chi connectivity index (χ2v) is 5.39. The van der Waals surface area contributed by atoms with Crippen molar-refractivity contribution in [2.24, 2.45) is 10.7 Å². The Morgan fingerprint density at radius 1 is 1.00 bits per heavy atom. The fraction of sp³-hybridized carbons (Fsp3) is 0.105. The molecule has 5 heteroatoms. The van der Waals surface area contributed by atoms with Crippen LogP contribution in [0.1, 0.15) is 12.5 Å². The first kappa shape index (κ1) is 15.9. The summed E-state index contributed by atoms with van der Waals surface area (Å²) < 4.78 is 27.4. The Labute approximate surface area is 138 Å². The molecule has 3 nitrogen and oxygen atoms in total. The molecular formula is C19H17F2N3. The van der Waals surface area contributed by atoms with E-state index in [2.05, 4.69) is 10.3 Å². The van der Waals surface area contributed by atoms with E-state index in [0.29, 0.717) is 34.1 Å². The number of nitrogens with one attached hydrogen (secondary N) is 1. The third-order valence-corrected chi connectivity index (χ3v) is 3.79. The van der Waals surface area contributed by atoms with Crippen LogP contribution < -0.4 is 11.1 Å². The van der Waals surface area contributed by atoms with E-state index in [4.69, 9.17) is 5.73 Å². The lowest BCUT2D eigenvalue weighted by atomic mass is 10.1. The molecule has 0 radical (unpaired) electrons. The van der Waals surface area contributed by atoms with Crippen molar-refractivity contribution in [3.05, 3.63) is 71.8 Å². The standard InChI is InChI=1S/C19H17F2N3/c1-2-12-11-13(7-8-16(12)20)23-19(22)24-18-10-9-17(21)14-5-3-4-6-15(14)18/h3-11H,2H2,1H3,(H3,22,23,24). The number of fused-ring (bicyclic) bond motifs is 1. The zero-order valence-electron chi connectivity index (χ0n) is 13.2. The molecule has 122 valence electrons. The van der Waals surface area contributed by atoms with Crippen molar-refractivity contribution < 1.29 is 8.78 Å². The average Bonchev–Trinajstić information content (AvgIpc) is 2.59. The lowest BCUT2D eigenvalue weighted by Gasteiger charge is -2.09. The molecule has 0 spiro atoms. The van der Waals surface area contributed by atoms with E-state index in [1.807, 2.05) is 13.0 Å². The molecule has 0 fully saturated rings. The summed E-state index contributed by atoms with van der Waals surface area (Å²) in [6.45, 7) is 1.88. The number of benzene rings is 3. The third kappa shape index (κ3) is 3.20. The summed E-state index contributed by atoms with van der Waals surface area (Å²) in [6.07, 6.45) is 0.584. The minimum Gasteiger partial charge on any atom is -0.369 e. The van der Waals surface area contributed by atoms with Crippen LogP contribution in [0.25, 0.3) is 10.8 Å². The first-order chi connectivity index (χ1) is 11.6. The number of guanidine groups is 1. The summed E-state index contributed by atoms with van der Waals surface area (Å²) in [5, 5.41) is 4.10. The van der Waals surface area contributed by atoms with Crippen LogP contribution >= 0.6 is 0 Å². The number of nitrogens with zero attached hydrogens (tertiary/aromatic N) is 1. The number of hydrogen-bond acceptors (Lipinski definition) is 1. The number of anilines is 1. The van der Waals surface area contributed by atoms with E-state index in [0.717, 1.165) is 0 Å². The number of aliphatic imine (C=N–C) groups is 1. The predicted octanol–water partition coefficient (Wildman–Crippen LogP) is 4.74. The molecule has 0 aliphatic heterocycles. The van der Waals surface area contributed by atoms with Crippen LogP contribution in [0.5, 0.6) is 0 Å². The van der Waals surface area contributed by atoms with Gasteiger partial charge in [-0.15, -0.1) is 0 Å². The molecule has 3 N–H and O–H groups in total. The molecule has 0 saturated heterocycles. The van der Waals surface area contributed by atoms with Crippen molar-refractivity contribution in [1.29, 1.82) is 0 Å². The van der Waals surface area contributed by atoms with Gasteiger partial charge in [0.2, 0.25) is 0 Å². The predicted molar refractivity (Wildman–Crippen MR) is 94.6 cm³/mol. The first-order valence-electron chi connectivity index (χ1n) is 7.65. The average molecular weight is 325 g/mol. The number of nitrogens with two attached hydrogens (primary N) is 1. The second kappa shape index (κ2) is 6.66. The van der Waals surface area contributed by atoms with Gasteiger partial charge in [-0.1, -0.05) is 31.2 Å². The van der Waals surface area contributed by atoms with Gasteiger partial charge >= 0.3 is 0 Å². The smallest absolute Gasteiger partial charge is 0.198 e. The number of hydrogen-bond donors (Lipinski definition) is 2. The molecule has 0 aliphatic carbocycles. The van der Waals surface area contributed by atoms with E-state index in [1.54, 1.807) is 36.4 Å². The van der Waals surface area contributed by atoms with Crippen LogP contribution in [-0.4, -0.2) is 5.96 Å². The maximum atomic E-state index is 13.8. The van der Waals surface area contributed by atoms with Crippen molar-refractivity contribution in [2.45, 2.75) is 13.3 Å². The topological polar surface area (TPSA) is 50.4 Å². The van der Waals surface area contributed by atoms with E-state index in [9.17, 15) is 8.78 Å². The maximum Gasteiger partial charge on any atom is 0.198 e. The minimum atomic E-state index is -0.304. The summed E-state index contributed by atoms with van der Waals surface area (Å²) in [6, 6.07) is 14.7. The zero-order valence-corrected chi connectivity index (χ0v) is 13.2. The molecule has 0 atom stereocenters. The monoisotopic (exact) mass is 325 g/mol. The van der Waals surface area contributed by atoms with Gasteiger partial charge in [-0.3, -0.25) is 0 Å². The Hall–Kier alpha value is -2.95. The maximum absolute atomic E-state index is 13.8. The van der Waals surface area contributed by atoms with Crippen molar-refractivity contribution in [1.82, 2.24) is 0 Å². The van der Waals surface area contributed by atoms with E-state index in [-0.39, 0.29) is 17.6 Å². The van der Waals surface area contributed by atoms with Gasteiger partial charge < -0.3 is 11.1 Å². The summed E-state index contributed by atoms with van der Waals surface area (Å²) in [5.74, 6) is -0.397. The van der Waals surface area contributed by atoms with Gasteiger partial charge in [0.05, 0.1) is 5.69 Å². The quantitative estimate of drug-likeness (QED) is 0.540. The summed E-state index contributed by atoms with van der Waals surface area (Å²) in [4.78, 5) is 4.32. The highest BCUT2D eigenvalue weighted by molar-refractivity contribution is 5.99. The molecule has 0 heterocycles. The number of halogens is 2. The summed E-state index contributed by atoms with van der Waals surface area (Å²) in [5.41, 5.74) is 7.76. The molecule has 3 aromatic rings. The highest BCUT2D eigenvalue weighted by Crippen LogP contribution is 2.28. The van der Waals surface area contributed by atoms with Gasteiger partial charge in [0.15, 0.2) is 5.96 Å². The Morgan fingerprint density at radius 2 is 1.71 bits per heavy atom. The molecule has 0 amide bonds. The van der Waals surface area contributed by atoms with Crippen molar-refractivity contribution in [3.63, 3.8) is 0 Å². The lowest BCUT2D eigenvalue weighted by molar-refractivity contribution is 0.612. The van der Waals surface area contributed by atoms with Crippen LogP contribution in [0, 0.1) is 11.6 Å². The number of rotatable bonds is 3. The van der Waals surface area contributed by atoms with Gasteiger partial charge in [-0.2, -0.15) is 0 Å². The van der Waals surface area contributed by atoms with Crippen LogP contribution in [0.4, 0.5) is 20.2 Å². The van der Waals surface area contributed by atoms with E-state index in [1.165, 1.54) is 12.1 Å². The van der Waals surface area contributed by atoms with E-state index < -0.39 is 0 Å². The normalized spacial score (nSPS) is 11.7. The molecule has 24 heavy (non-hydrogen) atoms. The zero-order chi connectivity index (χ0) is 17.1. The molecular weight excluding hydrogens is 308 g/mol. The first-order valence-corrected chi connectivity index (χ1v) is 7.65. The molecule has 0 aromatic heterocycles. The molecule has 3 aromatic carbocycles. The molecule has 0 aliphatic rings. The molecule has 0 unspecified atom stereocenters. The van der Waals surface area contributed by atoms with Crippen LogP contribution in [0.2, 0.25) is 0 Å². The lowest BCUT2D eigenvalue weighted by Crippen LogP contribution is -2.22. The van der Waals surface area contributed by atoms with Crippen LogP contribution in [-0.2, 0) is 6.42 Å². The Kier molecular flexibility index (Phi) is 4.42.